The zero-order valence-corrected chi connectivity index (χ0v) is 11.6. The van der Waals surface area contributed by atoms with Gasteiger partial charge < -0.3 is 10.4 Å². The first-order valence-electron chi connectivity index (χ1n) is 6.19. The van der Waals surface area contributed by atoms with Crippen molar-refractivity contribution < 1.29 is 9.90 Å². The average molecular weight is 262 g/mol. The number of aromatic nitrogens is 3. The smallest absolute Gasteiger partial charge is 0.339 e. The summed E-state index contributed by atoms with van der Waals surface area (Å²) in [5, 5.41) is 17.5. The molecule has 0 bridgehead atoms. The second kappa shape index (κ2) is 4.53. The summed E-state index contributed by atoms with van der Waals surface area (Å²) in [4.78, 5) is 15.5. The van der Waals surface area contributed by atoms with Crippen LogP contribution in [0, 0.1) is 0 Å². The van der Waals surface area contributed by atoms with Crippen LogP contribution in [-0.4, -0.2) is 31.4 Å². The summed E-state index contributed by atoms with van der Waals surface area (Å²) < 4.78 is 1.74. The van der Waals surface area contributed by atoms with Gasteiger partial charge in [0.1, 0.15) is 5.56 Å². The van der Waals surface area contributed by atoms with E-state index in [-0.39, 0.29) is 11.1 Å². The Bertz CT molecular complexity index is 625. The molecule has 0 amide bonds. The van der Waals surface area contributed by atoms with Crippen molar-refractivity contribution in [3.63, 3.8) is 0 Å². The summed E-state index contributed by atoms with van der Waals surface area (Å²) in [5.74, 6) is -0.995. The third-order valence-electron chi connectivity index (χ3n) is 2.70. The lowest BCUT2D eigenvalue weighted by atomic mass is 10.1. The number of hydrogen-bond acceptors (Lipinski definition) is 4. The number of carbonyl (C=O) groups is 1. The van der Waals surface area contributed by atoms with E-state index in [1.165, 1.54) is 6.20 Å². The monoisotopic (exact) mass is 262 g/mol. The van der Waals surface area contributed by atoms with Gasteiger partial charge >= 0.3 is 5.97 Å². The fourth-order valence-electron chi connectivity index (χ4n) is 1.93. The Morgan fingerprint density at radius 3 is 2.63 bits per heavy atom. The molecule has 2 aromatic rings. The molecule has 6 heteroatoms. The Labute approximate surface area is 111 Å². The van der Waals surface area contributed by atoms with Gasteiger partial charge in [0, 0.05) is 18.3 Å². The zero-order chi connectivity index (χ0) is 14.2. The number of aryl methyl sites for hydroxylation is 1. The van der Waals surface area contributed by atoms with Gasteiger partial charge in [-0.05, 0) is 27.7 Å². The lowest BCUT2D eigenvalue weighted by molar-refractivity contribution is 0.0697. The molecule has 0 aliphatic carbocycles. The van der Waals surface area contributed by atoms with Crippen molar-refractivity contribution in [2.24, 2.45) is 0 Å². The summed E-state index contributed by atoms with van der Waals surface area (Å²) in [6.45, 7) is 8.60. The molecular formula is C13H18N4O2. The SMILES string of the molecule is CCn1ncc2c(NC(C)(C)C)c(C(=O)O)cnc21. The minimum Gasteiger partial charge on any atom is -0.478 e. The van der Waals surface area contributed by atoms with Crippen LogP contribution >= 0.6 is 0 Å². The minimum atomic E-state index is -0.995. The van der Waals surface area contributed by atoms with Crippen molar-refractivity contribution in [1.82, 2.24) is 14.8 Å². The van der Waals surface area contributed by atoms with Crippen molar-refractivity contribution in [1.29, 1.82) is 0 Å². The summed E-state index contributed by atoms with van der Waals surface area (Å²) in [6, 6.07) is 0. The lowest BCUT2D eigenvalue weighted by Gasteiger charge is -2.23. The molecule has 2 aromatic heterocycles. The molecule has 0 aliphatic rings. The summed E-state index contributed by atoms with van der Waals surface area (Å²) in [5.41, 5.74) is 1.19. The van der Waals surface area contributed by atoms with E-state index in [0.29, 0.717) is 17.9 Å². The molecule has 0 radical (unpaired) electrons. The highest BCUT2D eigenvalue weighted by Crippen LogP contribution is 2.28. The highest BCUT2D eigenvalue weighted by molar-refractivity contribution is 6.03. The predicted molar refractivity (Wildman–Crippen MR) is 73.5 cm³/mol. The Hall–Kier alpha value is -2.11. The number of nitrogens with zero attached hydrogens (tertiary/aromatic N) is 3. The van der Waals surface area contributed by atoms with Gasteiger partial charge in [0.25, 0.3) is 0 Å². The number of nitrogens with one attached hydrogen (secondary N) is 1. The van der Waals surface area contributed by atoms with E-state index >= 15 is 0 Å². The second-order valence-corrected chi connectivity index (χ2v) is 5.42. The first-order valence-corrected chi connectivity index (χ1v) is 6.19. The molecule has 102 valence electrons. The van der Waals surface area contributed by atoms with Crippen molar-refractivity contribution in [2.75, 3.05) is 5.32 Å². The number of pyridine rings is 1. The van der Waals surface area contributed by atoms with Gasteiger partial charge in [-0.15, -0.1) is 0 Å². The standard InChI is InChI=1S/C13H18N4O2/c1-5-17-11-8(7-15-17)10(16-13(2,3)4)9(6-14-11)12(18)19/h6-7H,5H2,1-4H3,(H,14,16)(H,18,19). The topological polar surface area (TPSA) is 80.0 Å². The molecule has 2 rings (SSSR count). The Balaban J connectivity index is 2.69. The van der Waals surface area contributed by atoms with Crippen molar-refractivity contribution in [2.45, 2.75) is 39.8 Å². The molecule has 0 saturated heterocycles. The van der Waals surface area contributed by atoms with Crippen LogP contribution in [0.5, 0.6) is 0 Å². The van der Waals surface area contributed by atoms with Crippen LogP contribution in [0.1, 0.15) is 38.1 Å². The molecule has 0 unspecified atom stereocenters. The largest absolute Gasteiger partial charge is 0.478 e. The maximum absolute atomic E-state index is 11.3. The zero-order valence-electron chi connectivity index (χ0n) is 11.6. The molecular weight excluding hydrogens is 244 g/mol. The average Bonchev–Trinajstić information content (AvgIpc) is 2.70. The van der Waals surface area contributed by atoms with Crippen LogP contribution in [0.2, 0.25) is 0 Å². The predicted octanol–water partition coefficient (Wildman–Crippen LogP) is 2.36. The molecule has 0 aromatic carbocycles. The maximum atomic E-state index is 11.3. The normalized spacial score (nSPS) is 11.8. The molecule has 19 heavy (non-hydrogen) atoms. The molecule has 6 nitrogen and oxygen atoms in total. The van der Waals surface area contributed by atoms with E-state index < -0.39 is 5.97 Å². The van der Waals surface area contributed by atoms with Gasteiger partial charge in [-0.3, -0.25) is 0 Å². The molecule has 0 spiro atoms. The fourth-order valence-corrected chi connectivity index (χ4v) is 1.93. The third kappa shape index (κ3) is 2.52. The highest BCUT2D eigenvalue weighted by atomic mass is 16.4. The fraction of sp³-hybridized carbons (Fsp3) is 0.462. The van der Waals surface area contributed by atoms with Gasteiger partial charge in [0.2, 0.25) is 0 Å². The van der Waals surface area contributed by atoms with Crippen LogP contribution < -0.4 is 5.32 Å². The van der Waals surface area contributed by atoms with Crippen molar-refractivity contribution >= 4 is 22.7 Å². The summed E-state index contributed by atoms with van der Waals surface area (Å²) in [7, 11) is 0. The van der Waals surface area contributed by atoms with Crippen LogP contribution in [0.15, 0.2) is 12.4 Å². The summed E-state index contributed by atoms with van der Waals surface area (Å²) in [6.07, 6.45) is 3.04. The number of hydrogen-bond donors (Lipinski definition) is 2. The van der Waals surface area contributed by atoms with Crippen LogP contribution in [0.4, 0.5) is 5.69 Å². The molecule has 0 atom stereocenters. The number of anilines is 1. The van der Waals surface area contributed by atoms with E-state index in [4.69, 9.17) is 0 Å². The van der Waals surface area contributed by atoms with Crippen LogP contribution in [0.25, 0.3) is 11.0 Å². The molecule has 0 saturated carbocycles. The van der Waals surface area contributed by atoms with Crippen molar-refractivity contribution in [3.05, 3.63) is 18.0 Å². The Morgan fingerprint density at radius 2 is 2.11 bits per heavy atom. The molecule has 0 fully saturated rings. The third-order valence-corrected chi connectivity index (χ3v) is 2.70. The van der Waals surface area contributed by atoms with E-state index in [2.05, 4.69) is 15.4 Å². The number of carboxylic acid groups (broad SMARTS) is 1. The first-order chi connectivity index (χ1) is 8.83. The summed E-state index contributed by atoms with van der Waals surface area (Å²) >= 11 is 0. The first kappa shape index (κ1) is 13.3. The molecule has 2 N–H and O–H groups in total. The van der Waals surface area contributed by atoms with E-state index in [1.54, 1.807) is 10.9 Å². The van der Waals surface area contributed by atoms with Gasteiger partial charge in [0.05, 0.1) is 17.3 Å². The number of carboxylic acids is 1. The van der Waals surface area contributed by atoms with Gasteiger partial charge in [-0.2, -0.15) is 5.10 Å². The molecule has 0 aliphatic heterocycles. The number of fused-ring (bicyclic) bond motifs is 1. The van der Waals surface area contributed by atoms with E-state index in [9.17, 15) is 9.90 Å². The minimum absolute atomic E-state index is 0.165. The lowest BCUT2D eigenvalue weighted by Crippen LogP contribution is -2.27. The maximum Gasteiger partial charge on any atom is 0.339 e. The highest BCUT2D eigenvalue weighted by Gasteiger charge is 2.21. The number of aromatic carboxylic acids is 1. The van der Waals surface area contributed by atoms with E-state index in [0.717, 1.165) is 5.39 Å². The Morgan fingerprint density at radius 1 is 1.42 bits per heavy atom. The molecule has 2 heterocycles. The van der Waals surface area contributed by atoms with Gasteiger partial charge in [0.15, 0.2) is 5.65 Å². The Kier molecular flexibility index (Phi) is 3.18. The van der Waals surface area contributed by atoms with Gasteiger partial charge in [-0.25, -0.2) is 14.5 Å². The number of rotatable bonds is 3. The van der Waals surface area contributed by atoms with Crippen LogP contribution in [-0.2, 0) is 6.54 Å². The quantitative estimate of drug-likeness (QED) is 0.887. The second-order valence-electron chi connectivity index (χ2n) is 5.42. The van der Waals surface area contributed by atoms with Crippen molar-refractivity contribution in [3.8, 4) is 0 Å². The van der Waals surface area contributed by atoms with E-state index in [1.807, 2.05) is 27.7 Å². The van der Waals surface area contributed by atoms with Gasteiger partial charge in [-0.1, -0.05) is 0 Å². The van der Waals surface area contributed by atoms with Crippen LogP contribution in [0.3, 0.4) is 0 Å².